The predicted molar refractivity (Wildman–Crippen MR) is 67.6 cm³/mol. The van der Waals surface area contributed by atoms with Crippen molar-refractivity contribution in [1.82, 2.24) is 9.78 Å². The summed E-state index contributed by atoms with van der Waals surface area (Å²) in [5.41, 5.74) is 1.03. The molecule has 2 aromatic rings. The highest BCUT2D eigenvalue weighted by molar-refractivity contribution is 9.10. The van der Waals surface area contributed by atoms with Crippen LogP contribution in [0.1, 0.15) is 5.56 Å². The zero-order valence-electron chi connectivity index (χ0n) is 9.74. The van der Waals surface area contributed by atoms with Crippen LogP contribution in [0.5, 0.6) is 5.88 Å². The fourth-order valence-electron chi connectivity index (χ4n) is 1.65. The maximum absolute atomic E-state index is 13.9. The molecule has 6 heteroatoms. The van der Waals surface area contributed by atoms with Crippen LogP contribution in [0.15, 0.2) is 22.7 Å². The van der Waals surface area contributed by atoms with Crippen molar-refractivity contribution in [2.75, 3.05) is 7.11 Å². The van der Waals surface area contributed by atoms with Crippen molar-refractivity contribution >= 4 is 15.9 Å². The summed E-state index contributed by atoms with van der Waals surface area (Å²) in [6.07, 6.45) is 0. The molecule has 0 aliphatic carbocycles. The molecule has 1 aromatic heterocycles. The van der Waals surface area contributed by atoms with E-state index >= 15 is 0 Å². The SMILES string of the molecule is COc1c(Br)c(-c2ccc(C#N)cc2F)nn1C. The van der Waals surface area contributed by atoms with Gasteiger partial charge in [-0.3, -0.25) is 0 Å². The Morgan fingerprint density at radius 3 is 2.72 bits per heavy atom. The Bertz CT molecular complexity index is 646. The molecule has 0 aliphatic heterocycles. The number of halogens is 2. The van der Waals surface area contributed by atoms with Gasteiger partial charge in [0.2, 0.25) is 5.88 Å². The number of ether oxygens (including phenoxy) is 1. The summed E-state index contributed by atoms with van der Waals surface area (Å²) in [5, 5.41) is 12.9. The number of hydrogen-bond donors (Lipinski definition) is 0. The van der Waals surface area contributed by atoms with Gasteiger partial charge in [0, 0.05) is 12.6 Å². The third kappa shape index (κ3) is 1.97. The number of nitrogens with zero attached hydrogens (tertiary/aromatic N) is 3. The van der Waals surface area contributed by atoms with Crippen molar-refractivity contribution in [3.05, 3.63) is 34.1 Å². The Hall–Kier alpha value is -1.87. The minimum absolute atomic E-state index is 0.273. The molecular weight excluding hydrogens is 301 g/mol. The first kappa shape index (κ1) is 12.6. The lowest BCUT2D eigenvalue weighted by Crippen LogP contribution is -1.95. The number of hydrogen-bond acceptors (Lipinski definition) is 3. The number of benzene rings is 1. The summed E-state index contributed by atoms with van der Waals surface area (Å²) in [5.74, 6) is 0.0178. The average molecular weight is 310 g/mol. The van der Waals surface area contributed by atoms with Crippen molar-refractivity contribution in [3.8, 4) is 23.2 Å². The molecule has 0 atom stereocenters. The molecule has 1 aromatic carbocycles. The lowest BCUT2D eigenvalue weighted by atomic mass is 10.1. The topological polar surface area (TPSA) is 50.8 Å². The second-order valence-electron chi connectivity index (χ2n) is 3.60. The Labute approximate surface area is 112 Å². The molecule has 18 heavy (non-hydrogen) atoms. The minimum atomic E-state index is -0.490. The second kappa shape index (κ2) is 4.78. The van der Waals surface area contributed by atoms with Crippen LogP contribution in [-0.2, 0) is 7.05 Å². The molecule has 0 saturated carbocycles. The fourth-order valence-corrected chi connectivity index (χ4v) is 2.36. The molecule has 0 amide bonds. The third-order valence-corrected chi connectivity index (χ3v) is 3.20. The molecule has 2 rings (SSSR count). The zero-order chi connectivity index (χ0) is 13.3. The molecule has 0 saturated heterocycles. The van der Waals surface area contributed by atoms with Crippen LogP contribution in [0.25, 0.3) is 11.3 Å². The summed E-state index contributed by atoms with van der Waals surface area (Å²) >= 11 is 3.33. The highest BCUT2D eigenvalue weighted by atomic mass is 79.9. The summed E-state index contributed by atoms with van der Waals surface area (Å²) in [6, 6.07) is 6.15. The maximum atomic E-state index is 13.9. The van der Waals surface area contributed by atoms with Gasteiger partial charge in [0.1, 0.15) is 16.0 Å². The molecule has 0 radical (unpaired) electrons. The largest absolute Gasteiger partial charge is 0.480 e. The Balaban J connectivity index is 2.60. The van der Waals surface area contributed by atoms with Crippen molar-refractivity contribution in [3.63, 3.8) is 0 Å². The highest BCUT2D eigenvalue weighted by Crippen LogP contribution is 2.35. The first-order chi connectivity index (χ1) is 8.58. The Kier molecular flexibility index (Phi) is 3.34. The third-order valence-electron chi connectivity index (χ3n) is 2.49. The normalized spacial score (nSPS) is 10.2. The van der Waals surface area contributed by atoms with Gasteiger partial charge in [-0.25, -0.2) is 9.07 Å². The van der Waals surface area contributed by atoms with Crippen molar-refractivity contribution in [2.45, 2.75) is 0 Å². The van der Waals surface area contributed by atoms with Gasteiger partial charge < -0.3 is 4.74 Å². The fraction of sp³-hybridized carbons (Fsp3) is 0.167. The average Bonchev–Trinajstić information content (AvgIpc) is 2.64. The lowest BCUT2D eigenvalue weighted by molar-refractivity contribution is 0.371. The quantitative estimate of drug-likeness (QED) is 0.857. The smallest absolute Gasteiger partial charge is 0.226 e. The molecule has 4 nitrogen and oxygen atoms in total. The van der Waals surface area contributed by atoms with Gasteiger partial charge in [0.05, 0.1) is 18.7 Å². The van der Waals surface area contributed by atoms with Crippen LogP contribution in [-0.4, -0.2) is 16.9 Å². The van der Waals surface area contributed by atoms with Crippen LogP contribution < -0.4 is 4.74 Å². The van der Waals surface area contributed by atoms with Gasteiger partial charge in [-0.2, -0.15) is 10.4 Å². The number of aryl methyl sites for hydroxylation is 1. The Morgan fingerprint density at radius 1 is 1.50 bits per heavy atom. The molecule has 0 spiro atoms. The number of aromatic nitrogens is 2. The van der Waals surface area contributed by atoms with E-state index in [2.05, 4.69) is 21.0 Å². The maximum Gasteiger partial charge on any atom is 0.226 e. The minimum Gasteiger partial charge on any atom is -0.480 e. The van der Waals surface area contributed by atoms with Crippen molar-refractivity contribution < 1.29 is 9.13 Å². The monoisotopic (exact) mass is 309 g/mol. The lowest BCUT2D eigenvalue weighted by Gasteiger charge is -2.00. The van der Waals surface area contributed by atoms with Crippen LogP contribution >= 0.6 is 15.9 Å². The van der Waals surface area contributed by atoms with E-state index in [0.29, 0.717) is 21.6 Å². The van der Waals surface area contributed by atoms with Gasteiger partial charge in [-0.1, -0.05) is 0 Å². The van der Waals surface area contributed by atoms with Gasteiger partial charge >= 0.3 is 0 Å². The first-order valence-corrected chi connectivity index (χ1v) is 5.84. The molecule has 0 N–H and O–H groups in total. The van der Waals surface area contributed by atoms with Crippen LogP contribution in [0.3, 0.4) is 0 Å². The summed E-state index contributed by atoms with van der Waals surface area (Å²) in [4.78, 5) is 0. The van der Waals surface area contributed by atoms with E-state index < -0.39 is 5.82 Å². The molecule has 0 aliphatic rings. The molecule has 0 fully saturated rings. The van der Waals surface area contributed by atoms with Gasteiger partial charge in [0.15, 0.2) is 0 Å². The van der Waals surface area contributed by atoms with Crippen molar-refractivity contribution in [2.24, 2.45) is 7.05 Å². The summed E-state index contributed by atoms with van der Waals surface area (Å²) < 4.78 is 21.1. The van der Waals surface area contributed by atoms with E-state index in [0.717, 1.165) is 0 Å². The molecular formula is C12H9BrFN3O. The van der Waals surface area contributed by atoms with Crippen LogP contribution in [0, 0.1) is 17.1 Å². The summed E-state index contributed by atoms with van der Waals surface area (Å²) in [7, 11) is 3.22. The molecule has 0 bridgehead atoms. The molecule has 1 heterocycles. The predicted octanol–water partition coefficient (Wildman–Crippen LogP) is 2.87. The number of nitriles is 1. The van der Waals surface area contributed by atoms with Crippen LogP contribution in [0.4, 0.5) is 4.39 Å². The van der Waals surface area contributed by atoms with E-state index in [4.69, 9.17) is 10.00 Å². The van der Waals surface area contributed by atoms with E-state index in [1.807, 2.05) is 6.07 Å². The highest BCUT2D eigenvalue weighted by Gasteiger charge is 2.18. The standard InChI is InChI=1S/C12H9BrFN3O/c1-17-12(18-2)10(13)11(16-17)8-4-3-7(6-15)5-9(8)14/h3-5H,1-2H3. The van der Waals surface area contributed by atoms with E-state index in [1.165, 1.54) is 23.9 Å². The Morgan fingerprint density at radius 2 is 2.22 bits per heavy atom. The zero-order valence-corrected chi connectivity index (χ0v) is 11.3. The first-order valence-electron chi connectivity index (χ1n) is 5.05. The van der Waals surface area contributed by atoms with E-state index in [1.54, 1.807) is 13.1 Å². The molecule has 92 valence electrons. The molecule has 0 unspecified atom stereocenters. The summed E-state index contributed by atoms with van der Waals surface area (Å²) in [6.45, 7) is 0. The van der Waals surface area contributed by atoms with Crippen LogP contribution in [0.2, 0.25) is 0 Å². The van der Waals surface area contributed by atoms with Gasteiger partial charge in [0.25, 0.3) is 0 Å². The number of methoxy groups -OCH3 is 1. The van der Waals surface area contributed by atoms with E-state index in [-0.39, 0.29) is 5.56 Å². The van der Waals surface area contributed by atoms with Gasteiger partial charge in [-0.15, -0.1) is 0 Å². The number of rotatable bonds is 2. The second-order valence-corrected chi connectivity index (χ2v) is 4.39. The van der Waals surface area contributed by atoms with Crippen molar-refractivity contribution in [1.29, 1.82) is 5.26 Å². The van der Waals surface area contributed by atoms with E-state index in [9.17, 15) is 4.39 Å². The van der Waals surface area contributed by atoms with Gasteiger partial charge in [-0.05, 0) is 34.1 Å².